The second-order valence-corrected chi connectivity index (χ2v) is 8.16. The van der Waals surface area contributed by atoms with Gasteiger partial charge in [-0.15, -0.1) is 0 Å². The van der Waals surface area contributed by atoms with E-state index in [0.29, 0.717) is 18.6 Å². The Morgan fingerprint density at radius 3 is 2.23 bits per heavy atom. The van der Waals surface area contributed by atoms with Crippen molar-refractivity contribution in [2.24, 2.45) is 0 Å². The number of rotatable bonds is 9. The summed E-state index contributed by atoms with van der Waals surface area (Å²) >= 11 is 0. The Balaban J connectivity index is 1.97. The summed E-state index contributed by atoms with van der Waals surface area (Å²) in [5, 5.41) is 29.7. The number of hydrogen-bond acceptors (Lipinski definition) is 8. The Kier molecular flexibility index (Phi) is 7.43. The smallest absolute Gasteiger partial charge is 0.190 e. The number of hydrogen-bond donors (Lipinski definition) is 3. The molecule has 0 radical (unpaired) electrons. The predicted octanol–water partition coefficient (Wildman–Crippen LogP) is 0.0809. The molecule has 2 aliphatic heterocycles. The molecule has 2 rings (SSSR count). The number of aliphatic hydroxyl groups excluding tert-OH is 3. The summed E-state index contributed by atoms with van der Waals surface area (Å²) in [6.45, 7) is 12.0. The molecule has 0 aromatic rings. The molecule has 2 aliphatic rings. The van der Waals surface area contributed by atoms with E-state index in [4.69, 9.17) is 18.9 Å². The molecule has 0 amide bonds. The van der Waals surface area contributed by atoms with E-state index in [2.05, 4.69) is 32.6 Å². The Labute approximate surface area is 156 Å². The first-order valence-electron chi connectivity index (χ1n) is 9.41. The molecule has 6 atom stereocenters. The Morgan fingerprint density at radius 2 is 1.69 bits per heavy atom. The highest BCUT2D eigenvalue weighted by Crippen LogP contribution is 2.39. The van der Waals surface area contributed by atoms with Crippen LogP contribution in [0.25, 0.3) is 0 Å². The molecule has 3 N–H and O–H groups in total. The zero-order valence-electron chi connectivity index (χ0n) is 16.7. The molecule has 1 unspecified atom stereocenters. The van der Waals surface area contributed by atoms with Crippen molar-refractivity contribution in [3.05, 3.63) is 0 Å². The minimum atomic E-state index is -1.11. The van der Waals surface area contributed by atoms with Crippen LogP contribution in [0.3, 0.4) is 0 Å². The van der Waals surface area contributed by atoms with Gasteiger partial charge in [-0.2, -0.15) is 0 Å². The molecule has 8 nitrogen and oxygen atoms in total. The first-order chi connectivity index (χ1) is 12.1. The topological polar surface area (TPSA) is 101 Å². The first-order valence-corrected chi connectivity index (χ1v) is 9.41. The van der Waals surface area contributed by atoms with Crippen molar-refractivity contribution >= 4 is 0 Å². The highest BCUT2D eigenvalue weighted by Gasteiger charge is 2.57. The van der Waals surface area contributed by atoms with Crippen LogP contribution in [0.1, 0.15) is 41.5 Å². The molecule has 0 aromatic heterocycles. The number of aliphatic hydroxyl groups is 3. The van der Waals surface area contributed by atoms with Crippen molar-refractivity contribution < 1.29 is 34.3 Å². The minimum absolute atomic E-state index is 0.0750. The van der Waals surface area contributed by atoms with Gasteiger partial charge in [-0.05, 0) is 41.5 Å². The molecule has 2 heterocycles. The summed E-state index contributed by atoms with van der Waals surface area (Å²) in [5.74, 6) is -0.809. The van der Waals surface area contributed by atoms with Gasteiger partial charge in [0.15, 0.2) is 12.1 Å². The average molecular weight is 377 g/mol. The van der Waals surface area contributed by atoms with E-state index in [1.807, 2.05) is 0 Å². The van der Waals surface area contributed by atoms with Gasteiger partial charge < -0.3 is 34.3 Å². The van der Waals surface area contributed by atoms with Gasteiger partial charge in [0.1, 0.15) is 24.4 Å². The lowest BCUT2D eigenvalue weighted by Crippen LogP contribution is -2.47. The SMILES string of the molecule is CC(C)N(CC(O)CO[C@@H]1[C@H]2OC(C)(C)O[C@H]2O[C@@H]1[C@H](O)CO)C(C)C. The van der Waals surface area contributed by atoms with Crippen molar-refractivity contribution in [1.82, 2.24) is 4.90 Å². The zero-order valence-corrected chi connectivity index (χ0v) is 16.7. The van der Waals surface area contributed by atoms with Crippen LogP contribution in [-0.2, 0) is 18.9 Å². The van der Waals surface area contributed by atoms with E-state index in [9.17, 15) is 15.3 Å². The standard InChI is InChI=1S/C18H35NO7/c1-10(2)19(11(3)4)7-12(21)9-23-15-14(13(22)8-20)24-17-16(15)25-18(5,6)26-17/h10-17,20-22H,7-9H2,1-6H3/t12?,13-,14-,15+,16-,17-/m1/s1. The highest BCUT2D eigenvalue weighted by molar-refractivity contribution is 4.97. The summed E-state index contributed by atoms with van der Waals surface area (Å²) in [7, 11) is 0. The Bertz CT molecular complexity index is 437. The maximum absolute atomic E-state index is 10.4. The summed E-state index contributed by atoms with van der Waals surface area (Å²) in [6, 6.07) is 0.611. The summed E-state index contributed by atoms with van der Waals surface area (Å²) < 4.78 is 23.1. The van der Waals surface area contributed by atoms with Crippen molar-refractivity contribution in [3.63, 3.8) is 0 Å². The predicted molar refractivity (Wildman–Crippen MR) is 94.5 cm³/mol. The minimum Gasteiger partial charge on any atom is -0.394 e. The molecule has 0 bridgehead atoms. The third-order valence-corrected chi connectivity index (χ3v) is 4.82. The van der Waals surface area contributed by atoms with Gasteiger partial charge in [0.2, 0.25) is 0 Å². The van der Waals surface area contributed by atoms with E-state index >= 15 is 0 Å². The van der Waals surface area contributed by atoms with Crippen molar-refractivity contribution in [1.29, 1.82) is 0 Å². The summed E-state index contributed by atoms with van der Waals surface area (Å²) in [6.07, 6.45) is -4.40. The zero-order chi connectivity index (χ0) is 19.6. The van der Waals surface area contributed by atoms with Crippen molar-refractivity contribution in [2.75, 3.05) is 19.8 Å². The van der Waals surface area contributed by atoms with E-state index in [1.165, 1.54) is 0 Å². The summed E-state index contributed by atoms with van der Waals surface area (Å²) in [5.41, 5.74) is 0. The Morgan fingerprint density at radius 1 is 1.08 bits per heavy atom. The van der Waals surface area contributed by atoms with Crippen LogP contribution < -0.4 is 0 Å². The van der Waals surface area contributed by atoms with Gasteiger partial charge in [-0.3, -0.25) is 4.90 Å². The molecule has 2 fully saturated rings. The van der Waals surface area contributed by atoms with Gasteiger partial charge in [0, 0.05) is 18.6 Å². The van der Waals surface area contributed by atoms with Gasteiger partial charge in [-0.1, -0.05) is 0 Å². The lowest BCUT2D eigenvalue weighted by atomic mass is 10.1. The average Bonchev–Trinajstić information content (AvgIpc) is 3.01. The monoisotopic (exact) mass is 377 g/mol. The molecule has 0 aromatic carbocycles. The first kappa shape index (κ1) is 22.0. The summed E-state index contributed by atoms with van der Waals surface area (Å²) in [4.78, 5) is 2.18. The molecule has 0 aliphatic carbocycles. The molecular weight excluding hydrogens is 342 g/mol. The van der Waals surface area contributed by atoms with Crippen molar-refractivity contribution in [2.45, 2.75) is 96.2 Å². The van der Waals surface area contributed by atoms with Crippen LogP contribution in [0.2, 0.25) is 0 Å². The van der Waals surface area contributed by atoms with Crippen LogP contribution in [0, 0.1) is 0 Å². The molecule has 0 spiro atoms. The lowest BCUT2D eigenvalue weighted by Gasteiger charge is -2.33. The second kappa shape index (κ2) is 8.79. The fourth-order valence-corrected chi connectivity index (χ4v) is 3.64. The molecule has 154 valence electrons. The second-order valence-electron chi connectivity index (χ2n) is 8.16. The number of fused-ring (bicyclic) bond motifs is 1. The van der Waals surface area contributed by atoms with E-state index < -0.39 is 49.2 Å². The Hall–Kier alpha value is -0.320. The van der Waals surface area contributed by atoms with Gasteiger partial charge >= 0.3 is 0 Å². The maximum atomic E-state index is 10.4. The molecule has 2 saturated heterocycles. The quantitative estimate of drug-likeness (QED) is 0.519. The molecule has 8 heteroatoms. The third-order valence-electron chi connectivity index (χ3n) is 4.82. The van der Waals surface area contributed by atoms with Gasteiger partial charge in [0.25, 0.3) is 0 Å². The number of nitrogens with zero attached hydrogens (tertiary/aromatic N) is 1. The van der Waals surface area contributed by atoms with Gasteiger partial charge in [0.05, 0.1) is 19.3 Å². The van der Waals surface area contributed by atoms with Crippen LogP contribution in [0.5, 0.6) is 0 Å². The fourth-order valence-electron chi connectivity index (χ4n) is 3.64. The molecule has 0 saturated carbocycles. The molecule has 26 heavy (non-hydrogen) atoms. The third kappa shape index (κ3) is 5.14. The molecular formula is C18H35NO7. The highest BCUT2D eigenvalue weighted by atomic mass is 16.8. The largest absolute Gasteiger partial charge is 0.394 e. The van der Waals surface area contributed by atoms with E-state index in [1.54, 1.807) is 13.8 Å². The van der Waals surface area contributed by atoms with E-state index in [0.717, 1.165) is 0 Å². The van der Waals surface area contributed by atoms with Crippen molar-refractivity contribution in [3.8, 4) is 0 Å². The van der Waals surface area contributed by atoms with Crippen LogP contribution in [0.4, 0.5) is 0 Å². The maximum Gasteiger partial charge on any atom is 0.190 e. The van der Waals surface area contributed by atoms with Crippen LogP contribution >= 0.6 is 0 Å². The van der Waals surface area contributed by atoms with Gasteiger partial charge in [-0.25, -0.2) is 0 Å². The lowest BCUT2D eigenvalue weighted by molar-refractivity contribution is -0.232. The van der Waals surface area contributed by atoms with E-state index in [-0.39, 0.29) is 6.61 Å². The normalized spacial score (nSPS) is 33.2. The fraction of sp³-hybridized carbons (Fsp3) is 1.00. The van der Waals surface area contributed by atoms with Crippen LogP contribution in [-0.4, -0.2) is 94.7 Å². The number of ether oxygens (including phenoxy) is 4. The van der Waals surface area contributed by atoms with Crippen LogP contribution in [0.15, 0.2) is 0 Å².